The van der Waals surface area contributed by atoms with Crippen molar-refractivity contribution in [2.75, 3.05) is 13.1 Å². The highest BCUT2D eigenvalue weighted by atomic mass is 35.5. The average molecular weight is 414 g/mol. The van der Waals surface area contributed by atoms with Crippen molar-refractivity contribution in [3.05, 3.63) is 51.9 Å². The van der Waals surface area contributed by atoms with Crippen LogP contribution in [0.25, 0.3) is 0 Å². The molecule has 0 unspecified atom stereocenters. The molecule has 0 amide bonds. The minimum Gasteiger partial charge on any atom is -0.460 e. The van der Waals surface area contributed by atoms with E-state index in [2.05, 4.69) is 0 Å². The molecule has 0 bridgehead atoms. The molecule has 3 rings (SSSR count). The van der Waals surface area contributed by atoms with Gasteiger partial charge in [-0.05, 0) is 31.0 Å². The second kappa shape index (κ2) is 8.52. The molecule has 1 aliphatic rings. The van der Waals surface area contributed by atoms with E-state index in [-0.39, 0.29) is 17.2 Å². The minimum absolute atomic E-state index is 0.0463. The van der Waals surface area contributed by atoms with Gasteiger partial charge in [-0.2, -0.15) is 4.31 Å². The van der Waals surface area contributed by atoms with E-state index in [9.17, 15) is 13.2 Å². The average Bonchev–Trinajstić information content (AvgIpc) is 3.11. The van der Waals surface area contributed by atoms with Crippen molar-refractivity contribution in [2.45, 2.75) is 36.5 Å². The quantitative estimate of drug-likeness (QED) is 0.674. The van der Waals surface area contributed by atoms with Gasteiger partial charge in [0.1, 0.15) is 10.8 Å². The van der Waals surface area contributed by atoms with Crippen LogP contribution in [-0.2, 0) is 32.6 Å². The first-order chi connectivity index (χ1) is 12.5. The Labute approximate surface area is 162 Å². The lowest BCUT2D eigenvalue weighted by molar-refractivity contribution is -0.144. The molecule has 1 aromatic carbocycles. The highest BCUT2D eigenvalue weighted by Gasteiger charge is 2.27. The summed E-state index contributed by atoms with van der Waals surface area (Å²) in [5.41, 5.74) is 0.738. The van der Waals surface area contributed by atoms with Crippen molar-refractivity contribution in [1.82, 2.24) is 4.31 Å². The van der Waals surface area contributed by atoms with Gasteiger partial charge in [-0.1, -0.05) is 36.2 Å². The first-order valence-corrected chi connectivity index (χ1v) is 11.1. The Kier molecular flexibility index (Phi) is 6.34. The normalized spacial score (nSPS) is 15.7. The van der Waals surface area contributed by atoms with Gasteiger partial charge in [0.15, 0.2) is 0 Å². The van der Waals surface area contributed by atoms with Gasteiger partial charge in [-0.25, -0.2) is 8.42 Å². The van der Waals surface area contributed by atoms with E-state index in [4.69, 9.17) is 16.3 Å². The Hall–Kier alpha value is -1.41. The van der Waals surface area contributed by atoms with E-state index in [1.807, 2.05) is 12.1 Å². The maximum Gasteiger partial charge on any atom is 0.311 e. The van der Waals surface area contributed by atoms with E-state index >= 15 is 0 Å². The highest BCUT2D eigenvalue weighted by molar-refractivity contribution is 7.91. The Balaban J connectivity index is 1.59. The van der Waals surface area contributed by atoms with Crippen molar-refractivity contribution in [3.8, 4) is 0 Å². The molecule has 5 nitrogen and oxygen atoms in total. The molecule has 0 saturated carbocycles. The van der Waals surface area contributed by atoms with Crippen LogP contribution in [0.15, 0.2) is 40.6 Å². The first-order valence-electron chi connectivity index (χ1n) is 8.45. The second-order valence-electron chi connectivity index (χ2n) is 6.11. The van der Waals surface area contributed by atoms with E-state index in [0.29, 0.717) is 23.0 Å². The molecule has 0 atom stereocenters. The number of esters is 1. The number of thiophene rings is 1. The number of hydrogen-bond donors (Lipinski definition) is 0. The molecule has 26 heavy (non-hydrogen) atoms. The number of halogens is 1. The molecule has 1 saturated heterocycles. The van der Waals surface area contributed by atoms with Gasteiger partial charge in [0, 0.05) is 28.6 Å². The van der Waals surface area contributed by atoms with Crippen molar-refractivity contribution < 1.29 is 17.9 Å². The third kappa shape index (κ3) is 4.65. The third-order valence-electron chi connectivity index (χ3n) is 4.21. The number of ether oxygens (including phenoxy) is 1. The zero-order valence-electron chi connectivity index (χ0n) is 14.2. The van der Waals surface area contributed by atoms with Crippen molar-refractivity contribution in [3.63, 3.8) is 0 Å². The van der Waals surface area contributed by atoms with Gasteiger partial charge < -0.3 is 4.74 Å². The maximum absolute atomic E-state index is 12.6. The minimum atomic E-state index is -3.46. The smallest absolute Gasteiger partial charge is 0.311 e. The fourth-order valence-electron chi connectivity index (χ4n) is 2.79. The summed E-state index contributed by atoms with van der Waals surface area (Å²) in [4.78, 5) is 12.7. The number of hydrogen-bond acceptors (Lipinski definition) is 5. The van der Waals surface area contributed by atoms with Crippen LogP contribution in [-0.4, -0.2) is 31.8 Å². The molecule has 1 fully saturated rings. The monoisotopic (exact) mass is 413 g/mol. The molecule has 0 aliphatic carbocycles. The highest BCUT2D eigenvalue weighted by Crippen LogP contribution is 2.27. The van der Waals surface area contributed by atoms with Crippen LogP contribution in [0.4, 0.5) is 0 Å². The summed E-state index contributed by atoms with van der Waals surface area (Å²) in [6.45, 7) is 1.23. The summed E-state index contributed by atoms with van der Waals surface area (Å²) in [5, 5.41) is 0.548. The summed E-state index contributed by atoms with van der Waals surface area (Å²) in [6.07, 6.45) is 2.90. The topological polar surface area (TPSA) is 63.7 Å². The third-order valence-corrected chi connectivity index (χ3v) is 8.03. The molecule has 0 radical (unpaired) electrons. The van der Waals surface area contributed by atoms with Crippen LogP contribution in [0.3, 0.4) is 0 Å². The molecule has 1 aliphatic heterocycles. The van der Waals surface area contributed by atoms with Gasteiger partial charge in [0.2, 0.25) is 0 Å². The van der Waals surface area contributed by atoms with Crippen molar-refractivity contribution in [1.29, 1.82) is 0 Å². The van der Waals surface area contributed by atoms with Crippen LogP contribution < -0.4 is 0 Å². The summed E-state index contributed by atoms with van der Waals surface area (Å²) >= 11 is 7.16. The van der Waals surface area contributed by atoms with E-state index in [1.54, 1.807) is 24.3 Å². The number of rotatable bonds is 6. The summed E-state index contributed by atoms with van der Waals surface area (Å²) in [6, 6.07) is 10.4. The number of nitrogens with zero attached hydrogens (tertiary/aromatic N) is 1. The zero-order chi connectivity index (χ0) is 18.6. The molecular formula is C18H20ClNO4S2. The van der Waals surface area contributed by atoms with E-state index in [1.165, 1.54) is 4.31 Å². The van der Waals surface area contributed by atoms with Gasteiger partial charge in [-0.15, -0.1) is 11.3 Å². The Bertz CT molecular complexity index is 873. The second-order valence-corrected chi connectivity index (χ2v) is 9.85. The van der Waals surface area contributed by atoms with Gasteiger partial charge >= 0.3 is 5.97 Å². The number of sulfonamides is 1. The fraction of sp³-hybridized carbons (Fsp3) is 0.389. The van der Waals surface area contributed by atoms with Gasteiger partial charge in [-0.3, -0.25) is 4.79 Å². The largest absolute Gasteiger partial charge is 0.460 e. The van der Waals surface area contributed by atoms with Gasteiger partial charge in [0.25, 0.3) is 10.0 Å². The Morgan fingerprint density at radius 3 is 2.58 bits per heavy atom. The summed E-state index contributed by atoms with van der Waals surface area (Å²) in [7, 11) is -3.46. The SMILES string of the molecule is O=C(Cc1ccc(S(=O)(=O)N2CCCCC2)s1)OCc1ccccc1Cl. The summed E-state index contributed by atoms with van der Waals surface area (Å²) < 4.78 is 32.3. The van der Waals surface area contributed by atoms with Gasteiger partial charge in [0.05, 0.1) is 6.42 Å². The molecular weight excluding hydrogens is 394 g/mol. The van der Waals surface area contributed by atoms with Crippen LogP contribution >= 0.6 is 22.9 Å². The predicted molar refractivity (Wildman–Crippen MR) is 102 cm³/mol. The molecule has 0 N–H and O–H groups in total. The zero-order valence-corrected chi connectivity index (χ0v) is 16.6. The Morgan fingerprint density at radius 1 is 1.12 bits per heavy atom. The lowest BCUT2D eigenvalue weighted by atomic mass is 10.2. The van der Waals surface area contributed by atoms with Crippen LogP contribution in [0, 0.1) is 0 Å². The fourth-order valence-corrected chi connectivity index (χ4v) is 5.99. The lowest BCUT2D eigenvalue weighted by Crippen LogP contribution is -2.35. The number of carbonyl (C=O) groups excluding carboxylic acids is 1. The lowest BCUT2D eigenvalue weighted by Gasteiger charge is -2.25. The van der Waals surface area contributed by atoms with Crippen LogP contribution in [0.1, 0.15) is 29.7 Å². The molecule has 2 heterocycles. The number of benzene rings is 1. The van der Waals surface area contributed by atoms with Crippen LogP contribution in [0.5, 0.6) is 0 Å². The number of carbonyl (C=O) groups is 1. The van der Waals surface area contributed by atoms with Crippen LogP contribution in [0.2, 0.25) is 5.02 Å². The maximum atomic E-state index is 12.6. The molecule has 0 spiro atoms. The molecule has 140 valence electrons. The Morgan fingerprint density at radius 2 is 1.85 bits per heavy atom. The first kappa shape index (κ1) is 19.4. The van der Waals surface area contributed by atoms with Crippen molar-refractivity contribution in [2.24, 2.45) is 0 Å². The number of piperidine rings is 1. The van der Waals surface area contributed by atoms with Crippen molar-refractivity contribution >= 4 is 38.9 Å². The standard InChI is InChI=1S/C18H20ClNO4S2/c19-16-7-3-2-6-14(16)13-24-17(21)12-15-8-9-18(25-15)26(22,23)20-10-4-1-5-11-20/h2-3,6-9H,1,4-5,10-13H2. The predicted octanol–water partition coefficient (Wildman–Crippen LogP) is 3.86. The molecule has 2 aromatic rings. The van der Waals surface area contributed by atoms with E-state index in [0.717, 1.165) is 36.2 Å². The molecule has 8 heteroatoms. The van der Waals surface area contributed by atoms with E-state index < -0.39 is 16.0 Å². The summed E-state index contributed by atoms with van der Waals surface area (Å²) in [5.74, 6) is -0.409. The molecule has 1 aromatic heterocycles.